The highest BCUT2D eigenvalue weighted by atomic mass is 16.5. The SMILES string of the molecule is COCC(C)CCn1ncc(N)c1N. The maximum absolute atomic E-state index is 5.71. The van der Waals surface area contributed by atoms with Crippen molar-refractivity contribution in [1.82, 2.24) is 9.78 Å². The van der Waals surface area contributed by atoms with Crippen molar-refractivity contribution in [2.45, 2.75) is 19.9 Å². The highest BCUT2D eigenvalue weighted by molar-refractivity contribution is 5.56. The third-order valence-electron chi connectivity index (χ3n) is 2.19. The second-order valence-electron chi connectivity index (χ2n) is 3.56. The van der Waals surface area contributed by atoms with Gasteiger partial charge in [0, 0.05) is 20.3 Å². The van der Waals surface area contributed by atoms with E-state index in [0.717, 1.165) is 19.6 Å². The maximum atomic E-state index is 5.71. The molecule has 0 aliphatic heterocycles. The Labute approximate surface area is 84.0 Å². The third kappa shape index (κ3) is 2.63. The standard InChI is InChI=1S/C9H18N4O/c1-7(6-14-2)3-4-13-9(11)8(10)5-12-13/h5,7H,3-4,6,10-11H2,1-2H3. The molecular formula is C9H18N4O. The number of hydrogen-bond acceptors (Lipinski definition) is 4. The molecule has 1 atom stereocenters. The second-order valence-corrected chi connectivity index (χ2v) is 3.56. The van der Waals surface area contributed by atoms with Gasteiger partial charge >= 0.3 is 0 Å². The summed E-state index contributed by atoms with van der Waals surface area (Å²) in [6.45, 7) is 3.68. The fraction of sp³-hybridized carbons (Fsp3) is 0.667. The lowest BCUT2D eigenvalue weighted by atomic mass is 10.1. The number of hydrogen-bond donors (Lipinski definition) is 2. The van der Waals surface area contributed by atoms with E-state index in [2.05, 4.69) is 12.0 Å². The first-order valence-electron chi connectivity index (χ1n) is 4.70. The number of anilines is 2. The lowest BCUT2D eigenvalue weighted by Crippen LogP contribution is -2.11. The summed E-state index contributed by atoms with van der Waals surface area (Å²) in [7, 11) is 1.71. The smallest absolute Gasteiger partial charge is 0.145 e. The van der Waals surface area contributed by atoms with Crippen LogP contribution < -0.4 is 11.5 Å². The minimum atomic E-state index is 0.504. The monoisotopic (exact) mass is 198 g/mol. The molecule has 1 unspecified atom stereocenters. The molecule has 0 amide bonds. The largest absolute Gasteiger partial charge is 0.394 e. The quantitative estimate of drug-likeness (QED) is 0.730. The number of aromatic nitrogens is 2. The Morgan fingerprint density at radius 1 is 1.57 bits per heavy atom. The number of ether oxygens (including phenoxy) is 1. The summed E-state index contributed by atoms with van der Waals surface area (Å²) in [6.07, 6.45) is 2.56. The Balaban J connectivity index is 2.41. The fourth-order valence-corrected chi connectivity index (χ4v) is 1.30. The van der Waals surface area contributed by atoms with Crippen LogP contribution in [-0.4, -0.2) is 23.5 Å². The van der Waals surface area contributed by atoms with Gasteiger partial charge in [0.15, 0.2) is 0 Å². The van der Waals surface area contributed by atoms with Crippen molar-refractivity contribution < 1.29 is 4.74 Å². The van der Waals surface area contributed by atoms with E-state index in [9.17, 15) is 0 Å². The van der Waals surface area contributed by atoms with Crippen LogP contribution in [0.5, 0.6) is 0 Å². The van der Waals surface area contributed by atoms with Crippen LogP contribution in [0.25, 0.3) is 0 Å². The predicted molar refractivity (Wildman–Crippen MR) is 56.7 cm³/mol. The Morgan fingerprint density at radius 2 is 2.29 bits per heavy atom. The van der Waals surface area contributed by atoms with Crippen molar-refractivity contribution in [3.63, 3.8) is 0 Å². The molecular weight excluding hydrogens is 180 g/mol. The summed E-state index contributed by atoms with van der Waals surface area (Å²) >= 11 is 0. The van der Waals surface area contributed by atoms with Crippen molar-refractivity contribution in [3.05, 3.63) is 6.20 Å². The molecule has 0 fully saturated rings. The number of nitrogens with two attached hydrogens (primary N) is 2. The van der Waals surface area contributed by atoms with Crippen molar-refractivity contribution in [1.29, 1.82) is 0 Å². The van der Waals surface area contributed by atoms with Gasteiger partial charge in [0.1, 0.15) is 5.82 Å². The van der Waals surface area contributed by atoms with Crippen LogP contribution >= 0.6 is 0 Å². The highest BCUT2D eigenvalue weighted by Crippen LogP contribution is 2.14. The normalized spacial score (nSPS) is 13.0. The van der Waals surface area contributed by atoms with E-state index in [0.29, 0.717) is 17.4 Å². The van der Waals surface area contributed by atoms with Crippen LogP contribution in [0.4, 0.5) is 11.5 Å². The van der Waals surface area contributed by atoms with Crippen molar-refractivity contribution in [2.75, 3.05) is 25.2 Å². The zero-order valence-corrected chi connectivity index (χ0v) is 8.73. The maximum Gasteiger partial charge on any atom is 0.145 e. The van der Waals surface area contributed by atoms with Crippen molar-refractivity contribution in [2.24, 2.45) is 5.92 Å². The zero-order valence-electron chi connectivity index (χ0n) is 8.73. The van der Waals surface area contributed by atoms with Gasteiger partial charge in [-0.2, -0.15) is 5.10 Å². The molecule has 0 bridgehead atoms. The van der Waals surface area contributed by atoms with Gasteiger partial charge in [-0.15, -0.1) is 0 Å². The minimum absolute atomic E-state index is 0.504. The molecule has 5 heteroatoms. The van der Waals surface area contributed by atoms with Gasteiger partial charge < -0.3 is 16.2 Å². The summed E-state index contributed by atoms with van der Waals surface area (Å²) in [4.78, 5) is 0. The minimum Gasteiger partial charge on any atom is -0.394 e. The number of rotatable bonds is 5. The van der Waals surface area contributed by atoms with Crippen molar-refractivity contribution >= 4 is 11.5 Å². The number of aryl methyl sites for hydroxylation is 1. The van der Waals surface area contributed by atoms with Gasteiger partial charge in [-0.05, 0) is 12.3 Å². The van der Waals surface area contributed by atoms with Gasteiger partial charge in [-0.25, -0.2) is 4.68 Å². The molecule has 0 aromatic carbocycles. The summed E-state index contributed by atoms with van der Waals surface area (Å²) in [5.41, 5.74) is 11.8. The molecule has 5 nitrogen and oxygen atoms in total. The fourth-order valence-electron chi connectivity index (χ4n) is 1.30. The van der Waals surface area contributed by atoms with Crippen LogP contribution in [0.3, 0.4) is 0 Å². The van der Waals surface area contributed by atoms with E-state index in [4.69, 9.17) is 16.2 Å². The van der Waals surface area contributed by atoms with Gasteiger partial charge in [-0.3, -0.25) is 0 Å². The average Bonchev–Trinajstić information content (AvgIpc) is 2.46. The first-order valence-corrected chi connectivity index (χ1v) is 4.70. The highest BCUT2D eigenvalue weighted by Gasteiger charge is 2.06. The first kappa shape index (κ1) is 10.8. The van der Waals surface area contributed by atoms with Gasteiger partial charge in [0.05, 0.1) is 11.9 Å². The lowest BCUT2D eigenvalue weighted by Gasteiger charge is -2.10. The summed E-state index contributed by atoms with van der Waals surface area (Å²) < 4.78 is 6.77. The second kappa shape index (κ2) is 4.85. The zero-order chi connectivity index (χ0) is 10.6. The Bertz CT molecular complexity index is 284. The molecule has 14 heavy (non-hydrogen) atoms. The number of nitrogen functional groups attached to an aromatic ring is 2. The summed E-state index contributed by atoms with van der Waals surface area (Å²) in [5.74, 6) is 1.06. The molecule has 0 saturated heterocycles. The molecule has 0 aliphatic rings. The van der Waals surface area contributed by atoms with Crippen LogP contribution in [-0.2, 0) is 11.3 Å². The molecule has 0 saturated carbocycles. The number of nitrogens with zero attached hydrogens (tertiary/aromatic N) is 2. The first-order chi connectivity index (χ1) is 6.65. The molecule has 4 N–H and O–H groups in total. The third-order valence-corrected chi connectivity index (χ3v) is 2.19. The van der Waals surface area contributed by atoms with E-state index in [-0.39, 0.29) is 0 Å². The topological polar surface area (TPSA) is 79.1 Å². The van der Waals surface area contributed by atoms with Crippen LogP contribution in [0.1, 0.15) is 13.3 Å². The van der Waals surface area contributed by atoms with Crippen molar-refractivity contribution in [3.8, 4) is 0 Å². The lowest BCUT2D eigenvalue weighted by molar-refractivity contribution is 0.153. The van der Waals surface area contributed by atoms with E-state index in [1.807, 2.05) is 0 Å². The van der Waals surface area contributed by atoms with Gasteiger partial charge in [0.2, 0.25) is 0 Å². The number of methoxy groups -OCH3 is 1. The summed E-state index contributed by atoms with van der Waals surface area (Å²) in [6, 6.07) is 0. The van der Waals surface area contributed by atoms with Crippen LogP contribution in [0.2, 0.25) is 0 Å². The Hall–Kier alpha value is -1.23. The molecule has 80 valence electrons. The Morgan fingerprint density at radius 3 is 2.79 bits per heavy atom. The van der Waals surface area contributed by atoms with E-state index < -0.39 is 0 Å². The van der Waals surface area contributed by atoms with E-state index in [1.54, 1.807) is 18.0 Å². The predicted octanol–water partition coefficient (Wildman–Crippen LogP) is 0.720. The molecule has 1 heterocycles. The molecule has 0 radical (unpaired) electrons. The average molecular weight is 198 g/mol. The van der Waals surface area contributed by atoms with Crippen LogP contribution in [0.15, 0.2) is 6.20 Å². The summed E-state index contributed by atoms with van der Waals surface area (Å²) in [5, 5.41) is 4.07. The molecule has 1 rings (SSSR count). The molecule has 0 aliphatic carbocycles. The molecule has 0 spiro atoms. The van der Waals surface area contributed by atoms with E-state index >= 15 is 0 Å². The van der Waals surface area contributed by atoms with Gasteiger partial charge in [-0.1, -0.05) is 6.92 Å². The van der Waals surface area contributed by atoms with E-state index in [1.165, 1.54) is 0 Å². The van der Waals surface area contributed by atoms with Gasteiger partial charge in [0.25, 0.3) is 0 Å². The Kier molecular flexibility index (Phi) is 3.76. The molecule has 1 aromatic rings. The molecule has 1 aromatic heterocycles. The van der Waals surface area contributed by atoms with Crippen LogP contribution in [0, 0.1) is 5.92 Å².